The molecule has 0 N–H and O–H groups in total. The summed E-state index contributed by atoms with van der Waals surface area (Å²) < 4.78 is 0. The van der Waals surface area contributed by atoms with Gasteiger partial charge in [0.15, 0.2) is 0 Å². The Morgan fingerprint density at radius 3 is 1.60 bits per heavy atom. The zero-order chi connectivity index (χ0) is 25.3. The van der Waals surface area contributed by atoms with E-state index in [4.69, 9.17) is 0 Å². The number of hydrogen-bond donors (Lipinski definition) is 0. The molecule has 14 nitrogen and oxygen atoms in total. The maximum Gasteiger partial charge on any atom is 0.269 e. The van der Waals surface area contributed by atoms with Crippen molar-refractivity contribution < 1.29 is 24.4 Å². The predicted octanol–water partition coefficient (Wildman–Crippen LogP) is 1.39. The van der Waals surface area contributed by atoms with Gasteiger partial charge in [0.25, 0.3) is 28.7 Å². The van der Waals surface area contributed by atoms with Crippen molar-refractivity contribution in [2.75, 3.05) is 39.4 Å². The topological polar surface area (TPSA) is 173 Å². The standard InChI is InChI=1S/C21H20N6O8/c28-19(15-1-5-17(6-2-15)25(30)31)23-10-9-22-11-21(12-23,27(34)35)13-24(14-22)20(29)16-3-7-18(8-4-16)26(32)33/h1-8H,9-14H2/t21-/m1/s1. The van der Waals surface area contributed by atoms with E-state index in [9.17, 15) is 39.9 Å². The van der Waals surface area contributed by atoms with Crippen LogP contribution < -0.4 is 0 Å². The van der Waals surface area contributed by atoms with Gasteiger partial charge < -0.3 is 9.80 Å². The largest absolute Gasteiger partial charge is 0.330 e. The summed E-state index contributed by atoms with van der Waals surface area (Å²) in [6.45, 7) is 0.0785. The number of fused-ring (bicyclic) bond motifs is 2. The number of nitro benzene ring substituents is 2. The fraction of sp³-hybridized carbons (Fsp3) is 0.333. The van der Waals surface area contributed by atoms with Crippen LogP contribution in [0.15, 0.2) is 48.5 Å². The van der Waals surface area contributed by atoms with Gasteiger partial charge >= 0.3 is 0 Å². The average molecular weight is 484 g/mol. The van der Waals surface area contributed by atoms with E-state index in [-0.39, 0.29) is 61.9 Å². The van der Waals surface area contributed by atoms with E-state index in [1.165, 1.54) is 58.3 Å². The normalized spacial score (nSPS) is 21.7. The molecule has 2 amide bonds. The molecule has 0 spiro atoms. The van der Waals surface area contributed by atoms with Crippen molar-refractivity contribution in [2.24, 2.45) is 0 Å². The highest BCUT2D eigenvalue weighted by Gasteiger charge is 2.53. The molecule has 0 saturated carbocycles. The van der Waals surface area contributed by atoms with Gasteiger partial charge in [-0.2, -0.15) is 0 Å². The van der Waals surface area contributed by atoms with Gasteiger partial charge in [-0.3, -0.25) is 44.8 Å². The van der Waals surface area contributed by atoms with Crippen LogP contribution in [0.2, 0.25) is 0 Å². The first-order valence-electron chi connectivity index (χ1n) is 10.5. The predicted molar refractivity (Wildman–Crippen MR) is 119 cm³/mol. The third-order valence-electron chi connectivity index (χ3n) is 6.16. The molecule has 0 aliphatic carbocycles. The van der Waals surface area contributed by atoms with E-state index in [1.807, 2.05) is 0 Å². The summed E-state index contributed by atoms with van der Waals surface area (Å²) in [5.74, 6) is -1.01. The zero-order valence-electron chi connectivity index (χ0n) is 18.3. The van der Waals surface area contributed by atoms with Crippen LogP contribution in [-0.2, 0) is 0 Å². The Hall–Kier alpha value is -4.46. The Morgan fingerprint density at radius 1 is 0.686 bits per heavy atom. The molecule has 14 heteroatoms. The SMILES string of the molecule is O=C(c1ccc([N+](=O)[O-])cc1)N1CCN2CN(C(=O)c3ccc([N+](=O)[O-])cc3)C[C@@]([N+](=O)[O-])(C2)C1. The Kier molecular flexibility index (Phi) is 6.13. The van der Waals surface area contributed by atoms with E-state index < -0.39 is 32.1 Å². The Bertz CT molecular complexity index is 1130. The lowest BCUT2D eigenvalue weighted by Gasteiger charge is -2.41. The molecule has 2 saturated heterocycles. The highest BCUT2D eigenvalue weighted by atomic mass is 16.6. The Morgan fingerprint density at radius 2 is 1.14 bits per heavy atom. The quantitative estimate of drug-likeness (QED) is 0.449. The molecular formula is C21H20N6O8. The summed E-state index contributed by atoms with van der Waals surface area (Å²) in [5, 5.41) is 34.0. The first kappa shape index (κ1) is 23.7. The van der Waals surface area contributed by atoms with E-state index in [0.717, 1.165) is 0 Å². The molecule has 1 unspecified atom stereocenters. The lowest BCUT2D eigenvalue weighted by atomic mass is 9.95. The smallest absolute Gasteiger partial charge is 0.269 e. The van der Waals surface area contributed by atoms with Gasteiger partial charge in [0, 0.05) is 53.4 Å². The molecule has 2 heterocycles. The molecule has 2 aromatic carbocycles. The minimum atomic E-state index is -1.65. The lowest BCUT2D eigenvalue weighted by molar-refractivity contribution is -0.572. The Labute approximate surface area is 197 Å². The molecule has 4 rings (SSSR count). The van der Waals surface area contributed by atoms with Crippen LogP contribution in [0.5, 0.6) is 0 Å². The monoisotopic (exact) mass is 484 g/mol. The van der Waals surface area contributed by atoms with Gasteiger partial charge in [0.05, 0.1) is 36.1 Å². The van der Waals surface area contributed by atoms with Crippen molar-refractivity contribution in [3.05, 3.63) is 90.0 Å². The van der Waals surface area contributed by atoms with Gasteiger partial charge in [-0.05, 0) is 24.3 Å². The van der Waals surface area contributed by atoms with Gasteiger partial charge in [0.2, 0.25) is 0 Å². The number of rotatable bonds is 5. The first-order chi connectivity index (χ1) is 16.6. The minimum absolute atomic E-state index is 0.0358. The molecule has 2 aromatic rings. The van der Waals surface area contributed by atoms with E-state index in [2.05, 4.69) is 0 Å². The second-order valence-corrected chi connectivity index (χ2v) is 8.51. The van der Waals surface area contributed by atoms with Gasteiger partial charge in [-0.25, -0.2) is 0 Å². The molecule has 2 aliphatic heterocycles. The van der Waals surface area contributed by atoms with Crippen LogP contribution in [0, 0.1) is 30.3 Å². The summed E-state index contributed by atoms with van der Waals surface area (Å²) in [7, 11) is 0. The number of nitro groups is 3. The molecule has 2 fully saturated rings. The average Bonchev–Trinajstić information content (AvgIpc) is 2.99. The fourth-order valence-electron chi connectivity index (χ4n) is 4.41. The first-order valence-corrected chi connectivity index (χ1v) is 10.5. The summed E-state index contributed by atoms with van der Waals surface area (Å²) >= 11 is 0. The summed E-state index contributed by atoms with van der Waals surface area (Å²) in [4.78, 5) is 62.9. The fourth-order valence-corrected chi connectivity index (χ4v) is 4.41. The minimum Gasteiger partial charge on any atom is -0.330 e. The maximum atomic E-state index is 13.1. The second-order valence-electron chi connectivity index (χ2n) is 8.51. The van der Waals surface area contributed by atoms with Crippen LogP contribution in [0.4, 0.5) is 11.4 Å². The molecular weight excluding hydrogens is 464 g/mol. The van der Waals surface area contributed by atoms with Crippen LogP contribution in [0.1, 0.15) is 20.7 Å². The molecule has 0 aromatic heterocycles. The number of non-ortho nitro benzene ring substituents is 2. The van der Waals surface area contributed by atoms with Crippen molar-refractivity contribution in [3.63, 3.8) is 0 Å². The lowest BCUT2D eigenvalue weighted by Crippen LogP contribution is -2.65. The maximum absolute atomic E-state index is 13.1. The van der Waals surface area contributed by atoms with Crippen molar-refractivity contribution in [2.45, 2.75) is 5.54 Å². The van der Waals surface area contributed by atoms with Crippen LogP contribution in [-0.4, -0.2) is 86.2 Å². The Balaban J connectivity index is 1.57. The molecule has 182 valence electrons. The molecule has 2 atom stereocenters. The number of hydrogen-bond acceptors (Lipinski definition) is 9. The van der Waals surface area contributed by atoms with Crippen molar-refractivity contribution in [3.8, 4) is 0 Å². The van der Waals surface area contributed by atoms with E-state index in [1.54, 1.807) is 4.90 Å². The van der Waals surface area contributed by atoms with Crippen LogP contribution >= 0.6 is 0 Å². The third kappa shape index (κ3) is 4.63. The van der Waals surface area contributed by atoms with Crippen LogP contribution in [0.3, 0.4) is 0 Å². The molecule has 2 bridgehead atoms. The molecule has 35 heavy (non-hydrogen) atoms. The molecule has 2 aliphatic rings. The third-order valence-corrected chi connectivity index (χ3v) is 6.16. The highest BCUT2D eigenvalue weighted by molar-refractivity contribution is 5.95. The van der Waals surface area contributed by atoms with Gasteiger partial charge in [-0.1, -0.05) is 0 Å². The number of benzene rings is 2. The summed E-state index contributed by atoms with van der Waals surface area (Å²) in [5.41, 5.74) is -1.69. The van der Waals surface area contributed by atoms with Crippen molar-refractivity contribution in [1.82, 2.24) is 14.7 Å². The van der Waals surface area contributed by atoms with Crippen molar-refractivity contribution in [1.29, 1.82) is 0 Å². The van der Waals surface area contributed by atoms with Crippen molar-refractivity contribution >= 4 is 23.2 Å². The number of carbonyl (C=O) groups excluding carboxylic acids is 2. The second kappa shape index (κ2) is 9.06. The zero-order valence-corrected chi connectivity index (χ0v) is 18.3. The summed E-state index contributed by atoms with van der Waals surface area (Å²) in [6.07, 6.45) is 0. The van der Waals surface area contributed by atoms with Gasteiger partial charge in [-0.15, -0.1) is 0 Å². The number of carbonyl (C=O) groups is 2. The van der Waals surface area contributed by atoms with Crippen LogP contribution in [0.25, 0.3) is 0 Å². The highest BCUT2D eigenvalue weighted by Crippen LogP contribution is 2.27. The van der Waals surface area contributed by atoms with Gasteiger partial charge in [0.1, 0.15) is 0 Å². The van der Waals surface area contributed by atoms with E-state index in [0.29, 0.717) is 0 Å². The number of amides is 2. The molecule has 0 radical (unpaired) electrons. The number of nitrogens with zero attached hydrogens (tertiary/aromatic N) is 6. The van der Waals surface area contributed by atoms with E-state index >= 15 is 0 Å². The summed E-state index contributed by atoms with van der Waals surface area (Å²) in [6, 6.07) is 10.00.